The SMILES string of the molecule is C[C@]12Cc3cnn(-c4ccc(F)cc4)c3C=C1CC[C@@H]2[C@@H](O)C1COc2ccccc21. The van der Waals surface area contributed by atoms with Crippen LogP contribution >= 0.6 is 0 Å². The first kappa shape index (κ1) is 18.8. The number of aromatic nitrogens is 2. The molecule has 3 aliphatic rings. The first-order valence-electron chi connectivity index (χ1n) is 11.0. The van der Waals surface area contributed by atoms with Crippen molar-refractivity contribution in [1.82, 2.24) is 9.78 Å². The van der Waals surface area contributed by atoms with E-state index < -0.39 is 6.10 Å². The zero-order valence-corrected chi connectivity index (χ0v) is 17.5. The largest absolute Gasteiger partial charge is 0.493 e. The summed E-state index contributed by atoms with van der Waals surface area (Å²) in [7, 11) is 0. The summed E-state index contributed by atoms with van der Waals surface area (Å²) in [5, 5.41) is 16.1. The fourth-order valence-corrected chi connectivity index (χ4v) is 5.96. The zero-order chi connectivity index (χ0) is 21.2. The normalized spacial score (nSPS) is 27.1. The molecular formula is C26H25FN2O2. The number of hydrogen-bond acceptors (Lipinski definition) is 3. The van der Waals surface area contributed by atoms with Gasteiger partial charge in [-0.3, -0.25) is 0 Å². The Morgan fingerprint density at radius 2 is 2.00 bits per heavy atom. The molecule has 1 aromatic heterocycles. The third-order valence-corrected chi connectivity index (χ3v) is 7.66. The summed E-state index contributed by atoms with van der Waals surface area (Å²) >= 11 is 0. The molecule has 1 aliphatic heterocycles. The molecule has 4 atom stereocenters. The highest BCUT2D eigenvalue weighted by Gasteiger charge is 2.50. The Hall–Kier alpha value is -2.92. The van der Waals surface area contributed by atoms with Crippen LogP contribution in [0.5, 0.6) is 5.75 Å². The number of allylic oxidation sites excluding steroid dienone is 1. The van der Waals surface area contributed by atoms with Gasteiger partial charge in [-0.15, -0.1) is 0 Å². The van der Waals surface area contributed by atoms with Gasteiger partial charge >= 0.3 is 0 Å². The van der Waals surface area contributed by atoms with E-state index >= 15 is 0 Å². The summed E-state index contributed by atoms with van der Waals surface area (Å²) in [6.07, 6.45) is 6.52. The summed E-state index contributed by atoms with van der Waals surface area (Å²) in [4.78, 5) is 0. The van der Waals surface area contributed by atoms with Gasteiger partial charge in [-0.2, -0.15) is 5.10 Å². The molecule has 0 amide bonds. The van der Waals surface area contributed by atoms with Crippen molar-refractivity contribution in [3.63, 3.8) is 0 Å². The van der Waals surface area contributed by atoms with Gasteiger partial charge in [0.15, 0.2) is 0 Å². The molecule has 2 aliphatic carbocycles. The Labute approximate surface area is 181 Å². The number of hydrogen-bond donors (Lipinski definition) is 1. The van der Waals surface area contributed by atoms with Crippen LogP contribution in [0, 0.1) is 17.2 Å². The van der Waals surface area contributed by atoms with Gasteiger partial charge < -0.3 is 9.84 Å². The summed E-state index contributed by atoms with van der Waals surface area (Å²) in [5.41, 5.74) is 5.51. The van der Waals surface area contributed by atoms with Gasteiger partial charge in [-0.05, 0) is 72.6 Å². The van der Waals surface area contributed by atoms with Gasteiger partial charge in [0.1, 0.15) is 11.6 Å². The molecule has 3 aromatic rings. The molecule has 2 aromatic carbocycles. The van der Waals surface area contributed by atoms with Crippen LogP contribution in [0.25, 0.3) is 11.8 Å². The van der Waals surface area contributed by atoms with E-state index in [9.17, 15) is 9.50 Å². The average molecular weight is 416 g/mol. The van der Waals surface area contributed by atoms with Crippen LogP contribution in [0.2, 0.25) is 0 Å². The quantitative estimate of drug-likeness (QED) is 0.660. The van der Waals surface area contributed by atoms with E-state index in [1.807, 2.05) is 29.1 Å². The molecule has 1 fully saturated rings. The van der Waals surface area contributed by atoms with Gasteiger partial charge in [0.2, 0.25) is 0 Å². The second-order valence-corrected chi connectivity index (χ2v) is 9.30. The molecule has 1 saturated carbocycles. The molecule has 4 nitrogen and oxygen atoms in total. The molecule has 1 N–H and O–H groups in total. The van der Waals surface area contributed by atoms with Crippen molar-refractivity contribution in [2.75, 3.05) is 6.61 Å². The topological polar surface area (TPSA) is 47.3 Å². The number of aliphatic hydroxyl groups excluding tert-OH is 1. The van der Waals surface area contributed by atoms with Crippen LogP contribution in [-0.2, 0) is 6.42 Å². The molecule has 158 valence electrons. The number of benzene rings is 2. The lowest BCUT2D eigenvalue weighted by Gasteiger charge is -2.39. The third kappa shape index (κ3) is 2.79. The van der Waals surface area contributed by atoms with Crippen molar-refractivity contribution in [3.8, 4) is 11.4 Å². The van der Waals surface area contributed by atoms with Gasteiger partial charge in [-0.1, -0.05) is 30.7 Å². The highest BCUT2D eigenvalue weighted by atomic mass is 19.1. The lowest BCUT2D eigenvalue weighted by atomic mass is 9.66. The summed E-state index contributed by atoms with van der Waals surface area (Å²) in [5.74, 6) is 0.833. The molecule has 31 heavy (non-hydrogen) atoms. The van der Waals surface area contributed by atoms with E-state index in [0.29, 0.717) is 6.61 Å². The summed E-state index contributed by atoms with van der Waals surface area (Å²) in [6.45, 7) is 2.83. The van der Waals surface area contributed by atoms with E-state index in [0.717, 1.165) is 42.0 Å². The van der Waals surface area contributed by atoms with E-state index in [-0.39, 0.29) is 23.1 Å². The molecule has 5 heteroatoms. The van der Waals surface area contributed by atoms with Gasteiger partial charge in [0, 0.05) is 11.5 Å². The monoisotopic (exact) mass is 416 g/mol. The Bertz CT molecular complexity index is 1180. The molecule has 6 rings (SSSR count). The lowest BCUT2D eigenvalue weighted by Crippen LogP contribution is -2.39. The van der Waals surface area contributed by atoms with Gasteiger partial charge in [0.25, 0.3) is 0 Å². The maximum Gasteiger partial charge on any atom is 0.123 e. The molecule has 1 unspecified atom stereocenters. The molecule has 0 spiro atoms. The zero-order valence-electron chi connectivity index (χ0n) is 17.5. The molecule has 0 bridgehead atoms. The van der Waals surface area contributed by atoms with Crippen molar-refractivity contribution in [2.24, 2.45) is 11.3 Å². The fourth-order valence-electron chi connectivity index (χ4n) is 5.96. The number of halogens is 1. The van der Waals surface area contributed by atoms with Crippen molar-refractivity contribution in [1.29, 1.82) is 0 Å². The first-order valence-corrected chi connectivity index (χ1v) is 11.0. The van der Waals surface area contributed by atoms with Crippen molar-refractivity contribution in [2.45, 2.75) is 38.2 Å². The first-order chi connectivity index (χ1) is 15.0. The predicted octanol–water partition coefficient (Wildman–Crippen LogP) is 4.90. The minimum absolute atomic E-state index is 0.0145. The molecule has 2 heterocycles. The smallest absolute Gasteiger partial charge is 0.123 e. The highest BCUT2D eigenvalue weighted by molar-refractivity contribution is 5.62. The number of rotatable bonds is 3. The van der Waals surface area contributed by atoms with E-state index in [1.165, 1.54) is 23.3 Å². The molecular weight excluding hydrogens is 391 g/mol. The Morgan fingerprint density at radius 1 is 1.19 bits per heavy atom. The number of fused-ring (bicyclic) bond motifs is 3. The van der Waals surface area contributed by atoms with Crippen LogP contribution < -0.4 is 4.74 Å². The number of nitrogens with zero attached hydrogens (tertiary/aromatic N) is 2. The second kappa shape index (κ2) is 6.79. The fraction of sp³-hybridized carbons (Fsp3) is 0.346. The maximum atomic E-state index is 13.4. The van der Waals surface area contributed by atoms with Crippen LogP contribution in [-0.4, -0.2) is 27.6 Å². The van der Waals surface area contributed by atoms with E-state index in [4.69, 9.17) is 4.74 Å². The number of aliphatic hydroxyl groups is 1. The predicted molar refractivity (Wildman–Crippen MR) is 117 cm³/mol. The number of ether oxygens (including phenoxy) is 1. The van der Waals surface area contributed by atoms with Crippen LogP contribution in [0.15, 0.2) is 60.3 Å². The van der Waals surface area contributed by atoms with Crippen LogP contribution in [0.3, 0.4) is 0 Å². The molecule has 0 radical (unpaired) electrons. The standard InChI is InChI=1S/C26H25FN2O2/c1-26-13-16-14-28-29(19-9-7-18(27)8-10-19)23(16)12-17(26)6-11-22(26)25(30)21-15-31-24-5-3-2-4-20(21)24/h2-5,7-10,12,14,21-22,25,30H,6,11,13,15H2,1H3/t21?,22-,25+,26+/m1/s1. The van der Waals surface area contributed by atoms with Gasteiger partial charge in [0.05, 0.1) is 30.3 Å². The van der Waals surface area contributed by atoms with Gasteiger partial charge in [-0.25, -0.2) is 9.07 Å². The van der Waals surface area contributed by atoms with Crippen LogP contribution in [0.4, 0.5) is 4.39 Å². The van der Waals surface area contributed by atoms with E-state index in [1.54, 1.807) is 12.1 Å². The molecule has 0 saturated heterocycles. The third-order valence-electron chi connectivity index (χ3n) is 7.66. The minimum Gasteiger partial charge on any atom is -0.493 e. The highest BCUT2D eigenvalue weighted by Crippen LogP contribution is 2.56. The minimum atomic E-state index is -0.451. The van der Waals surface area contributed by atoms with Crippen LogP contribution in [0.1, 0.15) is 42.5 Å². The maximum absolute atomic E-state index is 13.4. The average Bonchev–Trinajstić information content (AvgIpc) is 3.46. The number of para-hydroxylation sites is 1. The summed E-state index contributed by atoms with van der Waals surface area (Å²) in [6, 6.07) is 14.5. The Morgan fingerprint density at radius 3 is 2.84 bits per heavy atom. The second-order valence-electron chi connectivity index (χ2n) is 9.30. The Balaban J connectivity index is 1.33. The van der Waals surface area contributed by atoms with Crippen molar-refractivity contribution in [3.05, 3.63) is 82.9 Å². The van der Waals surface area contributed by atoms with E-state index in [2.05, 4.69) is 24.2 Å². The lowest BCUT2D eigenvalue weighted by molar-refractivity contribution is 0.0295. The van der Waals surface area contributed by atoms with Crippen molar-refractivity contribution >= 4 is 6.08 Å². The Kier molecular flexibility index (Phi) is 4.12. The van der Waals surface area contributed by atoms with Crippen molar-refractivity contribution < 1.29 is 14.2 Å². The summed E-state index contributed by atoms with van der Waals surface area (Å²) < 4.78 is 21.1.